The summed E-state index contributed by atoms with van der Waals surface area (Å²) in [4.78, 5) is 23.7. The third-order valence-electron chi connectivity index (χ3n) is 2.58. The van der Waals surface area contributed by atoms with Crippen LogP contribution in [0.3, 0.4) is 0 Å². The number of hydrogen-bond acceptors (Lipinski definition) is 5. The lowest BCUT2D eigenvalue weighted by molar-refractivity contribution is -0.274. The predicted octanol–water partition coefficient (Wildman–Crippen LogP) is 3.69. The molecule has 1 aromatic heterocycles. The van der Waals surface area contributed by atoms with Gasteiger partial charge in [-0.25, -0.2) is 4.79 Å². The van der Waals surface area contributed by atoms with Gasteiger partial charge in [0.1, 0.15) is 4.88 Å². The van der Waals surface area contributed by atoms with E-state index in [1.54, 1.807) is 0 Å². The Morgan fingerprint density at radius 1 is 1.09 bits per heavy atom. The minimum atomic E-state index is -4.87. The van der Waals surface area contributed by atoms with E-state index in [0.29, 0.717) is 0 Å². The molecule has 0 aliphatic carbocycles. The number of methoxy groups -OCH3 is 1. The average molecular weight is 345 g/mol. The average Bonchev–Trinajstić information content (AvgIpc) is 2.97. The van der Waals surface area contributed by atoms with Gasteiger partial charge in [-0.3, -0.25) is 4.79 Å². The van der Waals surface area contributed by atoms with Gasteiger partial charge in [-0.15, -0.1) is 24.5 Å². The van der Waals surface area contributed by atoms with E-state index < -0.39 is 24.0 Å². The number of nitrogens with one attached hydrogen (secondary N) is 1. The molecule has 0 atom stereocenters. The van der Waals surface area contributed by atoms with Crippen molar-refractivity contribution in [3.8, 4) is 5.75 Å². The number of carbonyl (C=O) groups excluding carboxylic acids is 2. The molecule has 2 aromatic rings. The number of halogens is 3. The van der Waals surface area contributed by atoms with Crippen LogP contribution < -0.4 is 10.1 Å². The maximum absolute atomic E-state index is 12.3. The van der Waals surface area contributed by atoms with E-state index in [9.17, 15) is 22.8 Å². The van der Waals surface area contributed by atoms with Crippen LogP contribution >= 0.6 is 11.3 Å². The quantitative estimate of drug-likeness (QED) is 0.859. The number of thiophene rings is 1. The number of amides is 1. The summed E-state index contributed by atoms with van der Waals surface area (Å²) < 4.78 is 45.3. The van der Waals surface area contributed by atoms with Gasteiger partial charge in [-0.2, -0.15) is 0 Å². The van der Waals surface area contributed by atoms with Gasteiger partial charge in [0.05, 0.1) is 17.7 Å². The van der Waals surface area contributed by atoms with Crippen LogP contribution in [0.5, 0.6) is 5.75 Å². The Labute approximate surface area is 132 Å². The highest BCUT2D eigenvalue weighted by Gasteiger charge is 2.32. The van der Waals surface area contributed by atoms with Gasteiger partial charge in [0, 0.05) is 0 Å². The SMILES string of the molecule is COC(=O)c1ccc(C(=O)Nc2ccccc2OC(F)(F)F)s1. The molecule has 0 saturated carbocycles. The van der Waals surface area contributed by atoms with Crippen molar-refractivity contribution in [3.63, 3.8) is 0 Å². The monoisotopic (exact) mass is 345 g/mol. The lowest BCUT2D eigenvalue weighted by Gasteiger charge is -2.13. The lowest BCUT2D eigenvalue weighted by Crippen LogP contribution is -2.19. The molecule has 0 spiro atoms. The second-order valence-corrected chi connectivity index (χ2v) is 5.24. The smallest absolute Gasteiger partial charge is 0.465 e. The van der Waals surface area contributed by atoms with Crippen LogP contribution in [0, 0.1) is 0 Å². The Hall–Kier alpha value is -2.55. The van der Waals surface area contributed by atoms with E-state index in [-0.39, 0.29) is 15.4 Å². The van der Waals surface area contributed by atoms with Crippen LogP contribution in [0.15, 0.2) is 36.4 Å². The van der Waals surface area contributed by atoms with Crippen LogP contribution in [0.25, 0.3) is 0 Å². The van der Waals surface area contributed by atoms with Crippen molar-refractivity contribution in [2.24, 2.45) is 0 Å². The second-order valence-electron chi connectivity index (χ2n) is 4.15. The molecule has 1 amide bonds. The molecule has 0 aliphatic rings. The van der Waals surface area contributed by atoms with Crippen molar-refractivity contribution in [1.82, 2.24) is 0 Å². The first-order valence-electron chi connectivity index (χ1n) is 6.14. The zero-order valence-electron chi connectivity index (χ0n) is 11.6. The van der Waals surface area contributed by atoms with Crippen LogP contribution in [-0.4, -0.2) is 25.3 Å². The number of carbonyl (C=O) groups is 2. The van der Waals surface area contributed by atoms with E-state index >= 15 is 0 Å². The fourth-order valence-electron chi connectivity index (χ4n) is 1.64. The van der Waals surface area contributed by atoms with Crippen LogP contribution in [0.2, 0.25) is 0 Å². The molecule has 2 rings (SSSR count). The topological polar surface area (TPSA) is 64.6 Å². The Bertz CT molecular complexity index is 727. The molecule has 0 unspecified atom stereocenters. The molecule has 1 N–H and O–H groups in total. The highest BCUT2D eigenvalue weighted by molar-refractivity contribution is 7.16. The zero-order chi connectivity index (χ0) is 17.0. The number of alkyl halides is 3. The van der Waals surface area contributed by atoms with Crippen LogP contribution in [-0.2, 0) is 4.74 Å². The van der Waals surface area contributed by atoms with E-state index in [0.717, 1.165) is 17.4 Å². The van der Waals surface area contributed by atoms with Crippen LogP contribution in [0.4, 0.5) is 18.9 Å². The maximum Gasteiger partial charge on any atom is 0.573 e. The number of rotatable bonds is 4. The largest absolute Gasteiger partial charge is 0.573 e. The fourth-order valence-corrected chi connectivity index (χ4v) is 2.46. The van der Waals surface area contributed by atoms with Gasteiger partial charge in [0.15, 0.2) is 5.75 Å². The van der Waals surface area contributed by atoms with Gasteiger partial charge < -0.3 is 14.8 Å². The van der Waals surface area contributed by atoms with E-state index in [4.69, 9.17) is 0 Å². The molecule has 0 bridgehead atoms. The van der Waals surface area contributed by atoms with Crippen molar-refractivity contribution in [2.45, 2.75) is 6.36 Å². The summed E-state index contributed by atoms with van der Waals surface area (Å²) in [6, 6.07) is 7.92. The second kappa shape index (κ2) is 6.69. The Kier molecular flexibility index (Phi) is 4.89. The number of ether oxygens (including phenoxy) is 2. The highest BCUT2D eigenvalue weighted by Crippen LogP contribution is 2.30. The van der Waals surface area contributed by atoms with Gasteiger partial charge in [-0.05, 0) is 24.3 Å². The molecule has 0 fully saturated rings. The molecular formula is C14H10F3NO4S. The first kappa shape index (κ1) is 16.8. The summed E-state index contributed by atoms with van der Waals surface area (Å²) in [6.45, 7) is 0. The van der Waals surface area contributed by atoms with Crippen molar-refractivity contribution in [3.05, 3.63) is 46.2 Å². The van der Waals surface area contributed by atoms with E-state index in [2.05, 4.69) is 14.8 Å². The molecule has 5 nitrogen and oxygen atoms in total. The molecular weight excluding hydrogens is 335 g/mol. The van der Waals surface area contributed by atoms with E-state index in [1.165, 1.54) is 37.4 Å². The molecule has 1 aromatic carbocycles. The zero-order valence-corrected chi connectivity index (χ0v) is 12.5. The standard InChI is InChI=1S/C14H10F3NO4S/c1-21-13(20)11-7-6-10(23-11)12(19)18-8-4-2-3-5-9(8)22-14(15,16)17/h2-7H,1H3,(H,18,19). The number of hydrogen-bond donors (Lipinski definition) is 1. The minimum absolute atomic E-state index is 0.136. The predicted molar refractivity (Wildman–Crippen MR) is 76.7 cm³/mol. The van der Waals surface area contributed by atoms with E-state index in [1.807, 2.05) is 0 Å². The highest BCUT2D eigenvalue weighted by atomic mass is 32.1. The Balaban J connectivity index is 2.17. The summed E-state index contributed by atoms with van der Waals surface area (Å²) in [5.41, 5.74) is -0.136. The molecule has 23 heavy (non-hydrogen) atoms. The normalized spacial score (nSPS) is 11.0. The third-order valence-corrected chi connectivity index (χ3v) is 3.64. The third kappa shape index (κ3) is 4.46. The van der Waals surface area contributed by atoms with Crippen molar-refractivity contribution >= 4 is 28.9 Å². The van der Waals surface area contributed by atoms with Crippen molar-refractivity contribution in [1.29, 1.82) is 0 Å². The van der Waals surface area contributed by atoms with Crippen molar-refractivity contribution < 1.29 is 32.2 Å². The number of para-hydroxylation sites is 2. The van der Waals surface area contributed by atoms with Crippen molar-refractivity contribution in [2.75, 3.05) is 12.4 Å². The Morgan fingerprint density at radius 3 is 2.39 bits per heavy atom. The lowest BCUT2D eigenvalue weighted by atomic mass is 10.3. The first-order chi connectivity index (χ1) is 10.8. The first-order valence-corrected chi connectivity index (χ1v) is 6.96. The minimum Gasteiger partial charge on any atom is -0.465 e. The molecule has 122 valence electrons. The molecule has 0 radical (unpaired) electrons. The number of esters is 1. The molecule has 9 heteroatoms. The maximum atomic E-state index is 12.3. The molecule has 1 heterocycles. The fraction of sp³-hybridized carbons (Fsp3) is 0.143. The molecule has 0 saturated heterocycles. The van der Waals surface area contributed by atoms with Crippen LogP contribution in [0.1, 0.15) is 19.3 Å². The number of anilines is 1. The summed E-state index contributed by atoms with van der Waals surface area (Å²) >= 11 is 0.862. The Morgan fingerprint density at radius 2 is 1.74 bits per heavy atom. The summed E-state index contributed by atoms with van der Waals surface area (Å²) in [6.07, 6.45) is -4.87. The van der Waals surface area contributed by atoms with Gasteiger partial charge in [-0.1, -0.05) is 12.1 Å². The summed E-state index contributed by atoms with van der Waals surface area (Å²) in [5, 5.41) is 2.31. The molecule has 0 aliphatic heterocycles. The van der Waals surface area contributed by atoms with Gasteiger partial charge >= 0.3 is 12.3 Å². The van der Waals surface area contributed by atoms with Gasteiger partial charge in [0.2, 0.25) is 0 Å². The summed E-state index contributed by atoms with van der Waals surface area (Å²) in [5.74, 6) is -1.80. The number of benzene rings is 1. The van der Waals surface area contributed by atoms with Gasteiger partial charge in [0.25, 0.3) is 5.91 Å². The summed E-state index contributed by atoms with van der Waals surface area (Å²) in [7, 11) is 1.20.